The van der Waals surface area contributed by atoms with E-state index >= 15 is 0 Å². The number of ketones is 1. The Balaban J connectivity index is 2.37. The molecule has 0 amide bonds. The molecule has 0 aliphatic heterocycles. The summed E-state index contributed by atoms with van der Waals surface area (Å²) in [4.78, 5) is 10.6. The van der Waals surface area contributed by atoms with Crippen molar-refractivity contribution in [2.24, 2.45) is 11.8 Å². The topological polar surface area (TPSA) is 17.1 Å². The van der Waals surface area contributed by atoms with Crippen LogP contribution in [0.3, 0.4) is 0 Å². The molecule has 0 unspecified atom stereocenters. The Labute approximate surface area is 50.1 Å². The lowest BCUT2D eigenvalue weighted by Gasteiger charge is -2.31. The lowest BCUT2D eigenvalue weighted by molar-refractivity contribution is -0.125. The Hall–Kier alpha value is -0.330. The Kier molecular flexibility index (Phi) is 1.37. The summed E-state index contributed by atoms with van der Waals surface area (Å²) in [5, 5.41) is 0. The first-order valence-corrected chi connectivity index (χ1v) is 3.22. The highest BCUT2D eigenvalue weighted by Gasteiger charge is 2.29. The fourth-order valence-corrected chi connectivity index (χ4v) is 1.27. The molecule has 46 valence electrons. The SMILES string of the molecule is CC(=O)[C@@H]1CC[C@H]1C. The Morgan fingerprint density at radius 1 is 1.50 bits per heavy atom. The average Bonchev–Trinajstić information content (AvgIpc) is 1.61. The van der Waals surface area contributed by atoms with Gasteiger partial charge in [0.25, 0.3) is 0 Å². The number of hydrogen-bond acceptors (Lipinski definition) is 1. The van der Waals surface area contributed by atoms with E-state index in [-0.39, 0.29) is 0 Å². The van der Waals surface area contributed by atoms with Gasteiger partial charge in [0.1, 0.15) is 5.78 Å². The smallest absolute Gasteiger partial charge is 0.133 e. The van der Waals surface area contributed by atoms with Crippen molar-refractivity contribution in [3.8, 4) is 0 Å². The number of Topliss-reactive ketones (excluding diaryl/α,β-unsaturated/α-hetero) is 1. The Bertz CT molecular complexity index is 107. The average molecular weight is 112 g/mol. The highest BCUT2D eigenvalue weighted by molar-refractivity contribution is 5.79. The summed E-state index contributed by atoms with van der Waals surface area (Å²) in [6.45, 7) is 3.84. The second-order valence-corrected chi connectivity index (χ2v) is 2.77. The summed E-state index contributed by atoms with van der Waals surface area (Å²) < 4.78 is 0. The minimum Gasteiger partial charge on any atom is -0.300 e. The fourth-order valence-electron chi connectivity index (χ4n) is 1.27. The third kappa shape index (κ3) is 0.770. The molecule has 2 atom stereocenters. The molecule has 0 aromatic rings. The highest BCUT2D eigenvalue weighted by Crippen LogP contribution is 2.33. The van der Waals surface area contributed by atoms with Crippen molar-refractivity contribution in [1.82, 2.24) is 0 Å². The highest BCUT2D eigenvalue weighted by atomic mass is 16.1. The quantitative estimate of drug-likeness (QED) is 0.503. The van der Waals surface area contributed by atoms with Crippen LogP contribution in [0.15, 0.2) is 0 Å². The summed E-state index contributed by atoms with van der Waals surface area (Å²) in [6, 6.07) is 0. The van der Waals surface area contributed by atoms with Gasteiger partial charge in [-0.3, -0.25) is 4.79 Å². The van der Waals surface area contributed by atoms with Gasteiger partial charge in [-0.1, -0.05) is 6.92 Å². The fraction of sp³-hybridized carbons (Fsp3) is 0.857. The van der Waals surface area contributed by atoms with E-state index in [4.69, 9.17) is 0 Å². The van der Waals surface area contributed by atoms with Gasteiger partial charge in [-0.15, -0.1) is 0 Å². The molecule has 0 aromatic carbocycles. The van der Waals surface area contributed by atoms with Gasteiger partial charge in [0.05, 0.1) is 0 Å². The first kappa shape index (κ1) is 5.80. The van der Waals surface area contributed by atoms with Gasteiger partial charge in [0.2, 0.25) is 0 Å². The van der Waals surface area contributed by atoms with Gasteiger partial charge >= 0.3 is 0 Å². The van der Waals surface area contributed by atoms with Crippen molar-refractivity contribution >= 4 is 5.78 Å². The maximum absolute atomic E-state index is 10.6. The molecule has 0 N–H and O–H groups in total. The van der Waals surface area contributed by atoms with Crippen LogP contribution in [-0.2, 0) is 4.79 Å². The standard InChI is InChI=1S/C7H12O/c1-5-3-4-7(5)6(2)8/h5,7H,3-4H2,1-2H3/t5-,7-/m1/s1. The van der Waals surface area contributed by atoms with E-state index < -0.39 is 0 Å². The van der Waals surface area contributed by atoms with Gasteiger partial charge in [-0.05, 0) is 25.7 Å². The van der Waals surface area contributed by atoms with E-state index in [0.29, 0.717) is 17.6 Å². The van der Waals surface area contributed by atoms with Crippen LogP contribution in [0.2, 0.25) is 0 Å². The molecular formula is C7H12O. The van der Waals surface area contributed by atoms with Crippen LogP contribution >= 0.6 is 0 Å². The summed E-state index contributed by atoms with van der Waals surface area (Å²) in [5.41, 5.74) is 0. The first-order chi connectivity index (χ1) is 3.72. The molecule has 0 radical (unpaired) electrons. The van der Waals surface area contributed by atoms with E-state index in [1.165, 1.54) is 6.42 Å². The van der Waals surface area contributed by atoms with E-state index in [0.717, 1.165) is 6.42 Å². The number of carbonyl (C=O) groups excluding carboxylic acids is 1. The number of rotatable bonds is 1. The minimum absolute atomic E-state index is 0.378. The zero-order chi connectivity index (χ0) is 6.15. The van der Waals surface area contributed by atoms with Gasteiger partial charge in [-0.2, -0.15) is 0 Å². The molecule has 8 heavy (non-hydrogen) atoms. The molecule has 1 aliphatic carbocycles. The van der Waals surface area contributed by atoms with Crippen LogP contribution in [0.25, 0.3) is 0 Å². The number of carbonyl (C=O) groups is 1. The van der Waals surface area contributed by atoms with Gasteiger partial charge in [-0.25, -0.2) is 0 Å². The predicted octanol–water partition coefficient (Wildman–Crippen LogP) is 1.62. The van der Waals surface area contributed by atoms with Crippen LogP contribution in [0.5, 0.6) is 0 Å². The Morgan fingerprint density at radius 2 is 2.12 bits per heavy atom. The van der Waals surface area contributed by atoms with Crippen LogP contribution < -0.4 is 0 Å². The van der Waals surface area contributed by atoms with Crippen molar-refractivity contribution in [2.75, 3.05) is 0 Å². The van der Waals surface area contributed by atoms with Crippen molar-refractivity contribution in [1.29, 1.82) is 0 Å². The first-order valence-electron chi connectivity index (χ1n) is 3.22. The molecule has 1 heteroatoms. The monoisotopic (exact) mass is 112 g/mol. The molecule has 1 saturated carbocycles. The number of hydrogen-bond donors (Lipinski definition) is 0. The van der Waals surface area contributed by atoms with Crippen LogP contribution in [0.4, 0.5) is 0 Å². The molecule has 0 bridgehead atoms. The van der Waals surface area contributed by atoms with Crippen molar-refractivity contribution < 1.29 is 4.79 Å². The lowest BCUT2D eigenvalue weighted by atomic mass is 9.73. The molecule has 0 spiro atoms. The van der Waals surface area contributed by atoms with Gasteiger partial charge in [0.15, 0.2) is 0 Å². The molecule has 1 fully saturated rings. The van der Waals surface area contributed by atoms with Crippen molar-refractivity contribution in [3.63, 3.8) is 0 Å². The summed E-state index contributed by atoms with van der Waals surface area (Å²) in [7, 11) is 0. The summed E-state index contributed by atoms with van der Waals surface area (Å²) in [6.07, 6.45) is 2.39. The predicted molar refractivity (Wildman–Crippen MR) is 32.6 cm³/mol. The maximum Gasteiger partial charge on any atom is 0.133 e. The van der Waals surface area contributed by atoms with Crippen LogP contribution in [0, 0.1) is 11.8 Å². The lowest BCUT2D eigenvalue weighted by Crippen LogP contribution is -2.28. The minimum atomic E-state index is 0.378. The molecule has 0 heterocycles. The molecular weight excluding hydrogens is 100 g/mol. The van der Waals surface area contributed by atoms with E-state index in [2.05, 4.69) is 6.92 Å². The van der Waals surface area contributed by atoms with E-state index in [1.807, 2.05) is 0 Å². The Morgan fingerprint density at radius 3 is 2.12 bits per heavy atom. The molecule has 0 saturated heterocycles. The molecule has 1 rings (SSSR count). The third-order valence-corrected chi connectivity index (χ3v) is 2.14. The zero-order valence-corrected chi connectivity index (χ0v) is 5.48. The molecule has 1 aliphatic rings. The van der Waals surface area contributed by atoms with Crippen LogP contribution in [-0.4, -0.2) is 5.78 Å². The third-order valence-electron chi connectivity index (χ3n) is 2.14. The van der Waals surface area contributed by atoms with E-state index in [9.17, 15) is 4.79 Å². The zero-order valence-electron chi connectivity index (χ0n) is 5.48. The summed E-state index contributed by atoms with van der Waals surface area (Å²) >= 11 is 0. The normalized spacial score (nSPS) is 36.2. The van der Waals surface area contributed by atoms with E-state index in [1.54, 1.807) is 6.92 Å². The molecule has 1 nitrogen and oxygen atoms in total. The van der Waals surface area contributed by atoms with Crippen molar-refractivity contribution in [3.05, 3.63) is 0 Å². The molecule has 0 aromatic heterocycles. The van der Waals surface area contributed by atoms with Crippen molar-refractivity contribution in [2.45, 2.75) is 26.7 Å². The second kappa shape index (κ2) is 1.88. The maximum atomic E-state index is 10.6. The van der Waals surface area contributed by atoms with Crippen LogP contribution in [0.1, 0.15) is 26.7 Å². The van der Waals surface area contributed by atoms with Gasteiger partial charge in [0, 0.05) is 5.92 Å². The second-order valence-electron chi connectivity index (χ2n) is 2.77. The van der Waals surface area contributed by atoms with Gasteiger partial charge < -0.3 is 0 Å². The summed E-state index contributed by atoms with van der Waals surface area (Å²) in [5.74, 6) is 1.46. The largest absolute Gasteiger partial charge is 0.300 e.